The van der Waals surface area contributed by atoms with Gasteiger partial charge in [-0.3, -0.25) is 0 Å². The van der Waals surface area contributed by atoms with Crippen LogP contribution in [0, 0.1) is 0 Å². The maximum Gasteiger partial charge on any atom is 0.0361 e. The Hall–Kier alpha value is -3.20. The summed E-state index contributed by atoms with van der Waals surface area (Å²) in [7, 11) is 0. The smallest absolute Gasteiger partial charge is 0.0361 e. The second-order valence-electron chi connectivity index (χ2n) is 8.21. The highest BCUT2D eigenvalue weighted by Gasteiger charge is 2.14. The zero-order valence-corrected chi connectivity index (χ0v) is 18.5. The summed E-state index contributed by atoms with van der Waals surface area (Å²) in [6, 6.07) is 43.6. The van der Waals surface area contributed by atoms with Crippen LogP contribution in [0.4, 0.5) is 0 Å². The van der Waals surface area contributed by atoms with Gasteiger partial charge in [0.15, 0.2) is 0 Å². The van der Waals surface area contributed by atoms with E-state index in [4.69, 9.17) is 0 Å². The molecule has 0 saturated carbocycles. The molecule has 2 N–H and O–H groups in total. The van der Waals surface area contributed by atoms with Crippen molar-refractivity contribution in [1.29, 1.82) is 0 Å². The molecule has 0 spiro atoms. The summed E-state index contributed by atoms with van der Waals surface area (Å²) in [6.07, 6.45) is 1.97. The van der Waals surface area contributed by atoms with Gasteiger partial charge in [-0.1, -0.05) is 121 Å². The molecule has 2 unspecified atom stereocenters. The second-order valence-corrected chi connectivity index (χ2v) is 8.21. The van der Waals surface area contributed by atoms with Crippen molar-refractivity contribution in [1.82, 2.24) is 10.6 Å². The van der Waals surface area contributed by atoms with Gasteiger partial charge in [0.1, 0.15) is 0 Å². The van der Waals surface area contributed by atoms with Gasteiger partial charge in [0.2, 0.25) is 0 Å². The molecule has 32 heavy (non-hydrogen) atoms. The standard InChI is InChI=1S/C30H32N2/c1-5-13-25(14-6-1)23-29(27-17-9-3-10-18-27)31-21-22-32-30(28-19-11-4-12-20-28)24-26-15-7-2-8-16-26/h1-20,29-32H,21-24H2. The van der Waals surface area contributed by atoms with Gasteiger partial charge in [-0.15, -0.1) is 0 Å². The Morgan fingerprint density at radius 3 is 1.06 bits per heavy atom. The normalized spacial score (nSPS) is 12.9. The molecule has 0 amide bonds. The zero-order valence-electron chi connectivity index (χ0n) is 18.5. The molecule has 2 atom stereocenters. The average Bonchev–Trinajstić information content (AvgIpc) is 2.87. The summed E-state index contributed by atoms with van der Waals surface area (Å²) in [4.78, 5) is 0. The topological polar surface area (TPSA) is 24.1 Å². The molecule has 0 aliphatic rings. The first-order valence-electron chi connectivity index (χ1n) is 11.5. The van der Waals surface area contributed by atoms with Crippen LogP contribution >= 0.6 is 0 Å². The minimum absolute atomic E-state index is 0.296. The molecule has 0 radical (unpaired) electrons. The molecular weight excluding hydrogens is 388 g/mol. The van der Waals surface area contributed by atoms with Crippen molar-refractivity contribution >= 4 is 0 Å². The first-order chi connectivity index (χ1) is 15.9. The minimum atomic E-state index is 0.296. The van der Waals surface area contributed by atoms with Crippen LogP contribution < -0.4 is 10.6 Å². The van der Waals surface area contributed by atoms with Crippen LogP contribution in [-0.2, 0) is 12.8 Å². The third kappa shape index (κ3) is 6.65. The van der Waals surface area contributed by atoms with Gasteiger partial charge in [0, 0.05) is 25.2 Å². The maximum absolute atomic E-state index is 3.79. The lowest BCUT2D eigenvalue weighted by Crippen LogP contribution is -2.34. The van der Waals surface area contributed by atoms with E-state index < -0.39 is 0 Å². The van der Waals surface area contributed by atoms with E-state index in [0.29, 0.717) is 12.1 Å². The summed E-state index contributed by atoms with van der Waals surface area (Å²) in [5, 5.41) is 7.59. The maximum atomic E-state index is 3.79. The van der Waals surface area contributed by atoms with Crippen molar-refractivity contribution in [3.63, 3.8) is 0 Å². The van der Waals surface area contributed by atoms with E-state index in [-0.39, 0.29) is 0 Å². The van der Waals surface area contributed by atoms with E-state index >= 15 is 0 Å². The lowest BCUT2D eigenvalue weighted by atomic mass is 9.98. The van der Waals surface area contributed by atoms with Crippen LogP contribution in [-0.4, -0.2) is 13.1 Å². The molecule has 0 saturated heterocycles. The first kappa shape index (κ1) is 22.0. The Bertz CT molecular complexity index is 930. The summed E-state index contributed by atoms with van der Waals surface area (Å²) in [6.45, 7) is 1.81. The lowest BCUT2D eigenvalue weighted by molar-refractivity contribution is 0.476. The van der Waals surface area contributed by atoms with Crippen LogP contribution in [0.5, 0.6) is 0 Å². The molecule has 0 heterocycles. The van der Waals surface area contributed by atoms with Crippen molar-refractivity contribution in [3.8, 4) is 0 Å². The molecular formula is C30H32N2. The van der Waals surface area contributed by atoms with Crippen molar-refractivity contribution in [2.45, 2.75) is 24.9 Å². The number of hydrogen-bond acceptors (Lipinski definition) is 2. The predicted molar refractivity (Wildman–Crippen MR) is 135 cm³/mol. The fourth-order valence-corrected chi connectivity index (χ4v) is 4.18. The summed E-state index contributed by atoms with van der Waals surface area (Å²) >= 11 is 0. The Morgan fingerprint density at radius 1 is 0.406 bits per heavy atom. The third-order valence-electron chi connectivity index (χ3n) is 5.88. The molecule has 4 aromatic rings. The number of benzene rings is 4. The van der Waals surface area contributed by atoms with E-state index in [1.165, 1.54) is 22.3 Å². The summed E-state index contributed by atoms with van der Waals surface area (Å²) in [5.41, 5.74) is 5.38. The largest absolute Gasteiger partial charge is 0.308 e. The van der Waals surface area contributed by atoms with Crippen molar-refractivity contribution in [2.75, 3.05) is 13.1 Å². The predicted octanol–water partition coefficient (Wildman–Crippen LogP) is 6.13. The SMILES string of the molecule is c1ccc(CC(NCCNC(Cc2ccccc2)c2ccccc2)c2ccccc2)cc1. The van der Waals surface area contributed by atoms with E-state index in [0.717, 1.165) is 25.9 Å². The van der Waals surface area contributed by atoms with Gasteiger partial charge in [0.25, 0.3) is 0 Å². The molecule has 0 fully saturated rings. The number of rotatable bonds is 11. The second kappa shape index (κ2) is 12.0. The molecule has 0 bridgehead atoms. The lowest BCUT2D eigenvalue weighted by Gasteiger charge is -2.23. The van der Waals surface area contributed by atoms with Crippen molar-refractivity contribution in [2.24, 2.45) is 0 Å². The van der Waals surface area contributed by atoms with Gasteiger partial charge in [-0.05, 0) is 35.1 Å². The quantitative estimate of drug-likeness (QED) is 0.285. The van der Waals surface area contributed by atoms with E-state index in [2.05, 4.69) is 132 Å². The van der Waals surface area contributed by atoms with Crippen LogP contribution in [0.15, 0.2) is 121 Å². The van der Waals surface area contributed by atoms with Crippen molar-refractivity contribution < 1.29 is 0 Å². The molecule has 4 rings (SSSR count). The zero-order chi connectivity index (χ0) is 21.8. The Kier molecular flexibility index (Phi) is 8.25. The van der Waals surface area contributed by atoms with Crippen LogP contribution in [0.3, 0.4) is 0 Å². The molecule has 4 aromatic carbocycles. The van der Waals surface area contributed by atoms with Crippen LogP contribution in [0.1, 0.15) is 34.3 Å². The van der Waals surface area contributed by atoms with Gasteiger partial charge in [0.05, 0.1) is 0 Å². The fourth-order valence-electron chi connectivity index (χ4n) is 4.18. The molecule has 2 nitrogen and oxygen atoms in total. The fraction of sp³-hybridized carbons (Fsp3) is 0.200. The number of nitrogens with one attached hydrogen (secondary N) is 2. The van der Waals surface area contributed by atoms with Gasteiger partial charge in [-0.25, -0.2) is 0 Å². The Balaban J connectivity index is 1.38. The van der Waals surface area contributed by atoms with Gasteiger partial charge >= 0.3 is 0 Å². The highest BCUT2D eigenvalue weighted by atomic mass is 15.0. The molecule has 0 aromatic heterocycles. The van der Waals surface area contributed by atoms with E-state index in [1.54, 1.807) is 0 Å². The molecule has 0 aliphatic heterocycles. The minimum Gasteiger partial charge on any atom is -0.308 e. The Labute approximate surface area is 192 Å². The van der Waals surface area contributed by atoms with Crippen LogP contribution in [0.2, 0.25) is 0 Å². The Morgan fingerprint density at radius 2 is 0.719 bits per heavy atom. The van der Waals surface area contributed by atoms with E-state index in [1.807, 2.05) is 0 Å². The van der Waals surface area contributed by atoms with Crippen LogP contribution in [0.25, 0.3) is 0 Å². The van der Waals surface area contributed by atoms with Crippen molar-refractivity contribution in [3.05, 3.63) is 144 Å². The third-order valence-corrected chi connectivity index (χ3v) is 5.88. The number of hydrogen-bond donors (Lipinski definition) is 2. The summed E-state index contributed by atoms with van der Waals surface area (Å²) < 4.78 is 0. The summed E-state index contributed by atoms with van der Waals surface area (Å²) in [5.74, 6) is 0. The highest BCUT2D eigenvalue weighted by Crippen LogP contribution is 2.20. The average molecular weight is 421 g/mol. The van der Waals surface area contributed by atoms with Gasteiger partial charge in [-0.2, -0.15) is 0 Å². The highest BCUT2D eigenvalue weighted by molar-refractivity contribution is 5.25. The first-order valence-corrected chi connectivity index (χ1v) is 11.5. The molecule has 0 aliphatic carbocycles. The van der Waals surface area contributed by atoms with E-state index in [9.17, 15) is 0 Å². The molecule has 2 heteroatoms. The molecule has 162 valence electrons. The monoisotopic (exact) mass is 420 g/mol. The van der Waals surface area contributed by atoms with Gasteiger partial charge < -0.3 is 10.6 Å².